The number of aromatic nitrogens is 4. The van der Waals surface area contributed by atoms with Crippen molar-refractivity contribution in [1.82, 2.24) is 24.9 Å². The van der Waals surface area contributed by atoms with E-state index < -0.39 is 29.5 Å². The van der Waals surface area contributed by atoms with E-state index >= 15 is 0 Å². The minimum absolute atomic E-state index is 0.0328. The molecule has 0 radical (unpaired) electrons. The lowest BCUT2D eigenvalue weighted by Gasteiger charge is -2.35. The van der Waals surface area contributed by atoms with E-state index in [2.05, 4.69) is 15.3 Å². The average molecular weight is 383 g/mol. The molecule has 0 aromatic carbocycles. The van der Waals surface area contributed by atoms with E-state index in [1.54, 1.807) is 0 Å². The monoisotopic (exact) mass is 383 g/mol. The lowest BCUT2D eigenvalue weighted by molar-refractivity contribution is -0.143. The number of carbonyl (C=O) groups is 2. The third-order valence-electron chi connectivity index (χ3n) is 4.51. The quantitative estimate of drug-likeness (QED) is 0.870. The van der Waals surface area contributed by atoms with Crippen LogP contribution in [0.2, 0.25) is 0 Å². The molecule has 11 heteroatoms. The van der Waals surface area contributed by atoms with Crippen LogP contribution < -0.4 is 0 Å². The van der Waals surface area contributed by atoms with E-state index in [-0.39, 0.29) is 24.1 Å². The number of hydrogen-bond acceptors (Lipinski definition) is 5. The smallest absolute Gasteiger partial charge is 0.417 e. The number of rotatable bonds is 3. The van der Waals surface area contributed by atoms with Gasteiger partial charge in [-0.3, -0.25) is 9.59 Å². The van der Waals surface area contributed by atoms with Crippen molar-refractivity contribution in [3.05, 3.63) is 35.8 Å². The van der Waals surface area contributed by atoms with Gasteiger partial charge in [0.25, 0.3) is 5.91 Å². The van der Waals surface area contributed by atoms with Crippen molar-refractivity contribution in [1.29, 1.82) is 0 Å². The molecule has 3 rings (SSSR count). The van der Waals surface area contributed by atoms with Gasteiger partial charge in [0.2, 0.25) is 0 Å². The lowest BCUT2D eigenvalue weighted by Crippen LogP contribution is -2.47. The molecule has 1 N–H and O–H groups in total. The van der Waals surface area contributed by atoms with Gasteiger partial charge in [0.1, 0.15) is 0 Å². The van der Waals surface area contributed by atoms with Crippen LogP contribution in [-0.4, -0.2) is 54.4 Å². The molecule has 0 saturated carbocycles. The van der Waals surface area contributed by atoms with E-state index in [9.17, 15) is 22.8 Å². The molecule has 8 nitrogen and oxygen atoms in total. The predicted molar refractivity (Wildman–Crippen MR) is 85.0 cm³/mol. The first-order valence-electron chi connectivity index (χ1n) is 8.16. The van der Waals surface area contributed by atoms with Gasteiger partial charge in [-0.15, -0.1) is 5.10 Å². The Morgan fingerprint density at radius 3 is 2.59 bits per heavy atom. The highest BCUT2D eigenvalue weighted by atomic mass is 19.4. The lowest BCUT2D eigenvalue weighted by atomic mass is 9.93. The minimum atomic E-state index is -4.50. The van der Waals surface area contributed by atoms with Crippen molar-refractivity contribution < 1.29 is 27.9 Å². The molecular formula is C16H16F3N5O3. The van der Waals surface area contributed by atoms with Crippen molar-refractivity contribution >= 4 is 11.9 Å². The van der Waals surface area contributed by atoms with Crippen molar-refractivity contribution in [3.8, 4) is 5.82 Å². The van der Waals surface area contributed by atoms with Crippen LogP contribution in [-0.2, 0) is 11.0 Å². The molecule has 0 bridgehead atoms. The van der Waals surface area contributed by atoms with Crippen LogP contribution >= 0.6 is 0 Å². The normalized spacial score (nSPS) is 20.5. The molecular weight excluding hydrogens is 367 g/mol. The maximum absolute atomic E-state index is 12.7. The summed E-state index contributed by atoms with van der Waals surface area (Å²) in [5.74, 6) is -2.01. The average Bonchev–Trinajstić information content (AvgIpc) is 3.11. The second-order valence-corrected chi connectivity index (χ2v) is 6.37. The summed E-state index contributed by atoms with van der Waals surface area (Å²) >= 11 is 0. The molecule has 0 spiro atoms. The number of pyridine rings is 1. The highest BCUT2D eigenvalue weighted by Gasteiger charge is 2.34. The number of carboxylic acid groups (broad SMARTS) is 1. The maximum Gasteiger partial charge on any atom is 0.417 e. The Bertz CT molecular complexity index is 850. The summed E-state index contributed by atoms with van der Waals surface area (Å²) in [5, 5.41) is 16.7. The number of nitrogens with zero attached hydrogens (tertiary/aromatic N) is 5. The number of alkyl halides is 3. The summed E-state index contributed by atoms with van der Waals surface area (Å²) in [5.41, 5.74) is -0.931. The first-order valence-corrected chi connectivity index (χ1v) is 8.16. The number of amides is 1. The molecule has 1 aliphatic heterocycles. The number of hydrogen-bond donors (Lipinski definition) is 1. The van der Waals surface area contributed by atoms with Crippen LogP contribution in [0, 0.1) is 5.92 Å². The van der Waals surface area contributed by atoms with Gasteiger partial charge in [-0.25, -0.2) is 9.67 Å². The summed E-state index contributed by atoms with van der Waals surface area (Å²) in [6.07, 6.45) is -1.53. The van der Waals surface area contributed by atoms with Gasteiger partial charge in [0, 0.05) is 18.8 Å². The molecule has 1 aliphatic rings. The van der Waals surface area contributed by atoms with Crippen molar-refractivity contribution in [2.75, 3.05) is 6.54 Å². The zero-order chi connectivity index (χ0) is 19.8. The molecule has 2 unspecified atom stereocenters. The SMILES string of the molecule is CC1CCC(C(=O)O)CN1C(=O)c1cn(-c2ccc(C(F)(F)F)cn2)nn1. The largest absolute Gasteiger partial charge is 0.481 e. The Kier molecular flexibility index (Phi) is 4.85. The van der Waals surface area contributed by atoms with Crippen LogP contribution in [0.5, 0.6) is 0 Å². The maximum atomic E-state index is 12.7. The fraction of sp³-hybridized carbons (Fsp3) is 0.438. The molecule has 1 amide bonds. The molecule has 144 valence electrons. The van der Waals surface area contributed by atoms with Gasteiger partial charge < -0.3 is 10.0 Å². The van der Waals surface area contributed by atoms with E-state index in [1.165, 1.54) is 11.1 Å². The van der Waals surface area contributed by atoms with Gasteiger partial charge >= 0.3 is 12.1 Å². The van der Waals surface area contributed by atoms with Crippen LogP contribution in [0.1, 0.15) is 35.8 Å². The predicted octanol–water partition coefficient (Wildman–Crippen LogP) is 2.01. The number of aliphatic carboxylic acids is 1. The van der Waals surface area contributed by atoms with Crippen molar-refractivity contribution in [2.45, 2.75) is 32.0 Å². The Hall–Kier alpha value is -2.98. The Morgan fingerprint density at radius 1 is 1.26 bits per heavy atom. The van der Waals surface area contributed by atoms with Gasteiger partial charge in [0.05, 0.1) is 17.7 Å². The molecule has 2 atom stereocenters. The van der Waals surface area contributed by atoms with E-state index in [1.807, 2.05) is 6.92 Å². The number of carboxylic acids is 1. The fourth-order valence-corrected chi connectivity index (χ4v) is 2.90. The van der Waals surface area contributed by atoms with Gasteiger partial charge in [0.15, 0.2) is 11.5 Å². The van der Waals surface area contributed by atoms with Gasteiger partial charge in [-0.05, 0) is 31.9 Å². The van der Waals surface area contributed by atoms with Crippen LogP contribution in [0.4, 0.5) is 13.2 Å². The third kappa shape index (κ3) is 3.91. The summed E-state index contributed by atoms with van der Waals surface area (Å²) in [6, 6.07) is 1.83. The summed E-state index contributed by atoms with van der Waals surface area (Å²) in [6.45, 7) is 1.89. The van der Waals surface area contributed by atoms with E-state index in [0.717, 1.165) is 16.8 Å². The molecule has 1 saturated heterocycles. The molecule has 0 aliphatic carbocycles. The van der Waals surface area contributed by atoms with E-state index in [4.69, 9.17) is 5.11 Å². The second kappa shape index (κ2) is 6.97. The Balaban J connectivity index is 1.78. The standard InChI is InChI=1S/C16H16F3N5O3/c1-9-2-3-10(15(26)27)7-23(9)14(25)12-8-24(22-21-12)13-5-4-11(6-20-13)16(17,18)19/h4-6,8-10H,2-3,7H2,1H3,(H,26,27). The number of likely N-dealkylation sites (tertiary alicyclic amines) is 1. The minimum Gasteiger partial charge on any atom is -0.481 e. The van der Waals surface area contributed by atoms with Crippen molar-refractivity contribution in [2.24, 2.45) is 5.92 Å². The van der Waals surface area contributed by atoms with Crippen LogP contribution in [0.15, 0.2) is 24.5 Å². The molecule has 2 aromatic rings. The highest BCUT2D eigenvalue weighted by molar-refractivity contribution is 5.92. The van der Waals surface area contributed by atoms with Crippen LogP contribution in [0.3, 0.4) is 0 Å². The summed E-state index contributed by atoms with van der Waals surface area (Å²) in [7, 11) is 0. The summed E-state index contributed by atoms with van der Waals surface area (Å²) in [4.78, 5) is 29.0. The zero-order valence-corrected chi connectivity index (χ0v) is 14.2. The number of halogens is 3. The topological polar surface area (TPSA) is 101 Å². The fourth-order valence-electron chi connectivity index (χ4n) is 2.90. The zero-order valence-electron chi connectivity index (χ0n) is 14.2. The Labute approximate surface area is 151 Å². The molecule has 1 fully saturated rings. The first-order chi connectivity index (χ1) is 12.7. The highest BCUT2D eigenvalue weighted by Crippen LogP contribution is 2.28. The van der Waals surface area contributed by atoms with E-state index in [0.29, 0.717) is 19.0 Å². The summed E-state index contributed by atoms with van der Waals surface area (Å²) < 4.78 is 38.9. The second-order valence-electron chi connectivity index (χ2n) is 6.37. The van der Waals surface area contributed by atoms with Crippen LogP contribution in [0.25, 0.3) is 5.82 Å². The Morgan fingerprint density at radius 2 is 2.00 bits per heavy atom. The molecule has 3 heterocycles. The van der Waals surface area contributed by atoms with Gasteiger partial charge in [-0.1, -0.05) is 5.21 Å². The molecule has 2 aromatic heterocycles. The molecule has 27 heavy (non-hydrogen) atoms. The van der Waals surface area contributed by atoms with Gasteiger partial charge in [-0.2, -0.15) is 13.2 Å². The third-order valence-corrected chi connectivity index (χ3v) is 4.51. The number of carbonyl (C=O) groups excluding carboxylic acids is 1. The first kappa shape index (κ1) is 18.8. The number of piperidine rings is 1. The van der Waals surface area contributed by atoms with Crippen molar-refractivity contribution in [3.63, 3.8) is 0 Å².